The molecule has 2 aromatic heterocycles. The van der Waals surface area contributed by atoms with E-state index in [9.17, 15) is 9.59 Å². The van der Waals surface area contributed by atoms with E-state index in [0.717, 1.165) is 22.2 Å². The Bertz CT molecular complexity index is 1120. The van der Waals surface area contributed by atoms with E-state index in [1.165, 1.54) is 11.3 Å². The van der Waals surface area contributed by atoms with Gasteiger partial charge in [-0.05, 0) is 53.4 Å². The van der Waals surface area contributed by atoms with Crippen LogP contribution in [0.4, 0.5) is 5.69 Å². The van der Waals surface area contributed by atoms with Gasteiger partial charge in [0.1, 0.15) is 0 Å². The Morgan fingerprint density at radius 1 is 0.893 bits per heavy atom. The van der Waals surface area contributed by atoms with Crippen LogP contribution >= 0.6 is 11.3 Å². The molecule has 0 atom stereocenters. The predicted molar refractivity (Wildman–Crippen MR) is 112 cm³/mol. The molecule has 138 valence electrons. The number of nitrogens with zero attached hydrogens (tertiary/aromatic N) is 1. The number of fused-ring (bicyclic) bond motifs is 1. The molecule has 6 heteroatoms. The fraction of sp³-hybridized carbons (Fsp3) is 0.0455. The molecule has 0 aliphatic carbocycles. The highest BCUT2D eigenvalue weighted by atomic mass is 32.1. The molecule has 2 aromatic carbocycles. The van der Waals surface area contributed by atoms with Crippen molar-refractivity contribution in [2.24, 2.45) is 0 Å². The molecule has 0 spiro atoms. The van der Waals surface area contributed by atoms with Crippen LogP contribution in [0.25, 0.3) is 10.9 Å². The molecule has 2 heterocycles. The average molecular weight is 387 g/mol. The van der Waals surface area contributed by atoms with Crippen molar-refractivity contribution < 1.29 is 9.59 Å². The number of carbonyl (C=O) groups excluding carboxylic acids is 2. The number of hydrogen-bond donors (Lipinski definition) is 2. The van der Waals surface area contributed by atoms with Gasteiger partial charge in [0.2, 0.25) is 0 Å². The largest absolute Gasteiger partial charge is 0.347 e. The average Bonchev–Trinajstić information content (AvgIpc) is 3.28. The van der Waals surface area contributed by atoms with Crippen LogP contribution in [0.15, 0.2) is 78.3 Å². The van der Waals surface area contributed by atoms with Crippen LogP contribution in [0, 0.1) is 0 Å². The number of benzene rings is 2. The second-order valence-corrected chi connectivity index (χ2v) is 7.13. The molecular weight excluding hydrogens is 370 g/mol. The molecular formula is C22H17N3O2S. The number of amides is 2. The number of aromatic nitrogens is 1. The molecule has 0 aliphatic heterocycles. The number of hydrogen-bond acceptors (Lipinski definition) is 4. The van der Waals surface area contributed by atoms with E-state index in [2.05, 4.69) is 15.6 Å². The van der Waals surface area contributed by atoms with Gasteiger partial charge < -0.3 is 10.6 Å². The lowest BCUT2D eigenvalue weighted by Gasteiger charge is -2.09. The van der Waals surface area contributed by atoms with Gasteiger partial charge in [0.25, 0.3) is 11.8 Å². The molecule has 0 fully saturated rings. The molecule has 5 nitrogen and oxygen atoms in total. The van der Waals surface area contributed by atoms with E-state index in [-0.39, 0.29) is 11.8 Å². The summed E-state index contributed by atoms with van der Waals surface area (Å²) in [4.78, 5) is 29.6. The van der Waals surface area contributed by atoms with E-state index in [4.69, 9.17) is 0 Å². The van der Waals surface area contributed by atoms with Gasteiger partial charge in [0, 0.05) is 23.7 Å². The molecule has 4 aromatic rings. The van der Waals surface area contributed by atoms with Gasteiger partial charge in [-0.3, -0.25) is 14.6 Å². The summed E-state index contributed by atoms with van der Waals surface area (Å²) < 4.78 is 0. The molecule has 28 heavy (non-hydrogen) atoms. The maximum Gasteiger partial charge on any atom is 0.261 e. The first kappa shape index (κ1) is 17.9. The first-order valence-electron chi connectivity index (χ1n) is 8.76. The van der Waals surface area contributed by atoms with Crippen LogP contribution in [0.2, 0.25) is 0 Å². The van der Waals surface area contributed by atoms with Crippen molar-refractivity contribution in [3.05, 3.63) is 94.3 Å². The minimum atomic E-state index is -0.189. The summed E-state index contributed by atoms with van der Waals surface area (Å²) in [5.74, 6) is -0.285. The zero-order valence-corrected chi connectivity index (χ0v) is 15.7. The highest BCUT2D eigenvalue weighted by Crippen LogP contribution is 2.22. The zero-order chi connectivity index (χ0) is 19.3. The lowest BCUT2D eigenvalue weighted by Crippen LogP contribution is -2.21. The van der Waals surface area contributed by atoms with Gasteiger partial charge >= 0.3 is 0 Å². The maximum absolute atomic E-state index is 12.6. The van der Waals surface area contributed by atoms with Crippen molar-refractivity contribution in [1.29, 1.82) is 0 Å². The topological polar surface area (TPSA) is 71.1 Å². The molecule has 0 bridgehead atoms. The van der Waals surface area contributed by atoms with E-state index in [1.807, 2.05) is 53.9 Å². The summed E-state index contributed by atoms with van der Waals surface area (Å²) in [5.41, 5.74) is 3.03. The first-order valence-corrected chi connectivity index (χ1v) is 9.64. The lowest BCUT2D eigenvalue weighted by molar-refractivity contribution is 0.0953. The summed E-state index contributed by atoms with van der Waals surface area (Å²) in [6.45, 7) is 0.410. The summed E-state index contributed by atoms with van der Waals surface area (Å²) >= 11 is 1.40. The van der Waals surface area contributed by atoms with Crippen molar-refractivity contribution >= 4 is 39.7 Å². The Morgan fingerprint density at radius 2 is 1.75 bits per heavy atom. The van der Waals surface area contributed by atoms with Crippen LogP contribution in [-0.4, -0.2) is 16.8 Å². The Hall–Kier alpha value is -3.51. The summed E-state index contributed by atoms with van der Waals surface area (Å²) in [5, 5.41) is 8.58. The normalized spacial score (nSPS) is 10.6. The van der Waals surface area contributed by atoms with Gasteiger partial charge in [-0.15, -0.1) is 11.3 Å². The Morgan fingerprint density at radius 3 is 2.54 bits per heavy atom. The number of rotatable bonds is 5. The van der Waals surface area contributed by atoms with E-state index < -0.39 is 0 Å². The van der Waals surface area contributed by atoms with Crippen LogP contribution in [0.3, 0.4) is 0 Å². The van der Waals surface area contributed by atoms with E-state index in [1.54, 1.807) is 24.4 Å². The SMILES string of the molecule is O=C(Nc1cccc2ncccc12)c1ccc(CNC(=O)c2cccs2)cc1. The lowest BCUT2D eigenvalue weighted by atomic mass is 10.1. The van der Waals surface area contributed by atoms with Crippen molar-refractivity contribution in [3.63, 3.8) is 0 Å². The minimum Gasteiger partial charge on any atom is -0.347 e. The number of carbonyl (C=O) groups is 2. The van der Waals surface area contributed by atoms with Crippen molar-refractivity contribution in [2.75, 3.05) is 5.32 Å². The minimum absolute atomic E-state index is 0.0959. The number of pyridine rings is 1. The second-order valence-electron chi connectivity index (χ2n) is 6.19. The second kappa shape index (κ2) is 8.02. The van der Waals surface area contributed by atoms with E-state index in [0.29, 0.717) is 17.0 Å². The van der Waals surface area contributed by atoms with Gasteiger partial charge in [0.05, 0.1) is 16.1 Å². The van der Waals surface area contributed by atoms with Crippen molar-refractivity contribution in [1.82, 2.24) is 10.3 Å². The number of anilines is 1. The highest BCUT2D eigenvalue weighted by molar-refractivity contribution is 7.12. The van der Waals surface area contributed by atoms with Crippen molar-refractivity contribution in [2.45, 2.75) is 6.54 Å². The molecule has 0 aliphatic rings. The molecule has 0 saturated heterocycles. The summed E-state index contributed by atoms with van der Waals surface area (Å²) in [6.07, 6.45) is 1.73. The van der Waals surface area contributed by atoms with Gasteiger partial charge in [0.15, 0.2) is 0 Å². The number of nitrogens with one attached hydrogen (secondary N) is 2. The van der Waals surface area contributed by atoms with Crippen molar-refractivity contribution in [3.8, 4) is 0 Å². The maximum atomic E-state index is 12.6. The van der Waals surface area contributed by atoms with Crippen LogP contribution in [-0.2, 0) is 6.54 Å². The summed E-state index contributed by atoms with van der Waals surface area (Å²) in [6, 6.07) is 20.2. The number of thiophene rings is 1. The third kappa shape index (κ3) is 3.92. The Balaban J connectivity index is 1.42. The Labute approximate surface area is 166 Å². The molecule has 0 unspecified atom stereocenters. The molecule has 0 radical (unpaired) electrons. The third-order valence-corrected chi connectivity index (χ3v) is 5.18. The molecule has 4 rings (SSSR count). The smallest absolute Gasteiger partial charge is 0.261 e. The van der Waals surface area contributed by atoms with Crippen LogP contribution in [0.1, 0.15) is 25.6 Å². The quantitative estimate of drug-likeness (QED) is 0.530. The molecule has 2 amide bonds. The standard InChI is InChI=1S/C22H17N3O2S/c26-21(25-19-6-1-5-18-17(19)4-2-12-23-18)16-10-8-15(9-11-16)14-24-22(27)20-7-3-13-28-20/h1-13H,14H2,(H,24,27)(H,25,26). The van der Waals surface area contributed by atoms with Gasteiger partial charge in [-0.1, -0.05) is 24.3 Å². The highest BCUT2D eigenvalue weighted by Gasteiger charge is 2.10. The van der Waals surface area contributed by atoms with Gasteiger partial charge in [-0.25, -0.2) is 0 Å². The third-order valence-electron chi connectivity index (χ3n) is 4.31. The van der Waals surface area contributed by atoms with Gasteiger partial charge in [-0.2, -0.15) is 0 Å². The van der Waals surface area contributed by atoms with Crippen LogP contribution in [0.5, 0.6) is 0 Å². The van der Waals surface area contributed by atoms with Crippen LogP contribution < -0.4 is 10.6 Å². The predicted octanol–water partition coefficient (Wildman–Crippen LogP) is 4.48. The monoisotopic (exact) mass is 387 g/mol. The first-order chi connectivity index (χ1) is 13.7. The Kier molecular flexibility index (Phi) is 5.12. The fourth-order valence-corrected chi connectivity index (χ4v) is 3.50. The molecule has 2 N–H and O–H groups in total. The zero-order valence-electron chi connectivity index (χ0n) is 14.9. The fourth-order valence-electron chi connectivity index (χ4n) is 2.86. The van der Waals surface area contributed by atoms with E-state index >= 15 is 0 Å². The molecule has 0 saturated carbocycles. The summed E-state index contributed by atoms with van der Waals surface area (Å²) in [7, 11) is 0.